The highest BCUT2D eigenvalue weighted by atomic mass is 35.5. The Morgan fingerprint density at radius 2 is 1.90 bits per heavy atom. The number of hydrogen-bond donors (Lipinski definition) is 1. The van der Waals surface area contributed by atoms with Gasteiger partial charge in [-0.15, -0.1) is 0 Å². The summed E-state index contributed by atoms with van der Waals surface area (Å²) in [6.07, 6.45) is 7.09. The first-order valence-electron chi connectivity index (χ1n) is 13.8. The van der Waals surface area contributed by atoms with Crippen molar-refractivity contribution in [1.29, 1.82) is 0 Å². The van der Waals surface area contributed by atoms with Crippen LogP contribution in [0.25, 0.3) is 11.6 Å². The Hall–Kier alpha value is -3.05. The number of benzene rings is 1. The van der Waals surface area contributed by atoms with Crippen LogP contribution in [0.1, 0.15) is 24.0 Å². The highest BCUT2D eigenvalue weighted by Gasteiger charge is 2.28. The Kier molecular flexibility index (Phi) is 9.54. The van der Waals surface area contributed by atoms with Crippen molar-refractivity contribution in [3.05, 3.63) is 46.1 Å². The largest absolute Gasteiger partial charge is 0.495 e. The lowest BCUT2D eigenvalue weighted by Crippen LogP contribution is -2.48. The van der Waals surface area contributed by atoms with Crippen LogP contribution in [0, 0.1) is 0 Å². The average Bonchev–Trinajstić information content (AvgIpc) is 3.50. The maximum atomic E-state index is 11.9. The number of amides is 1. The molecule has 220 valence electrons. The van der Waals surface area contributed by atoms with Gasteiger partial charge >= 0.3 is 0 Å². The van der Waals surface area contributed by atoms with Gasteiger partial charge in [-0.05, 0) is 37.1 Å². The van der Waals surface area contributed by atoms with E-state index in [1.165, 1.54) is 6.08 Å². The number of nitrogens with zero attached hydrogens (tertiary/aromatic N) is 5. The van der Waals surface area contributed by atoms with E-state index in [0.29, 0.717) is 59.3 Å². The van der Waals surface area contributed by atoms with Gasteiger partial charge in [-0.25, -0.2) is 4.98 Å². The van der Waals surface area contributed by atoms with Crippen molar-refractivity contribution >= 4 is 52.5 Å². The number of fused-ring (bicyclic) bond motifs is 1. The molecule has 1 amide bonds. The maximum absolute atomic E-state index is 11.9. The van der Waals surface area contributed by atoms with Crippen LogP contribution < -0.4 is 19.7 Å². The van der Waals surface area contributed by atoms with Crippen LogP contribution in [0.3, 0.4) is 0 Å². The van der Waals surface area contributed by atoms with Gasteiger partial charge in [-0.1, -0.05) is 29.8 Å². The van der Waals surface area contributed by atoms with Gasteiger partial charge in [-0.3, -0.25) is 9.69 Å². The van der Waals surface area contributed by atoms with Crippen molar-refractivity contribution in [3.8, 4) is 11.5 Å². The summed E-state index contributed by atoms with van der Waals surface area (Å²) in [5.74, 6) is 2.42. The molecule has 0 unspecified atom stereocenters. The molecule has 5 rings (SSSR count). The summed E-state index contributed by atoms with van der Waals surface area (Å²) in [5, 5.41) is 4.27. The molecule has 41 heavy (non-hydrogen) atoms. The normalized spacial score (nSPS) is 19.0. The Labute approximate surface area is 250 Å². The number of carbonyl (C=O) groups is 1. The van der Waals surface area contributed by atoms with E-state index in [1.54, 1.807) is 20.3 Å². The first-order chi connectivity index (χ1) is 19.9. The van der Waals surface area contributed by atoms with Crippen molar-refractivity contribution in [2.24, 2.45) is 0 Å². The third-order valence-electron chi connectivity index (χ3n) is 7.71. The number of anilines is 2. The summed E-state index contributed by atoms with van der Waals surface area (Å²) >= 11 is 13.6. The molecule has 2 fully saturated rings. The molecule has 0 bridgehead atoms. The van der Waals surface area contributed by atoms with Crippen LogP contribution in [-0.4, -0.2) is 105 Å². The van der Waals surface area contributed by atoms with E-state index >= 15 is 0 Å². The summed E-state index contributed by atoms with van der Waals surface area (Å²) < 4.78 is 16.5. The number of rotatable bonds is 10. The van der Waals surface area contributed by atoms with E-state index in [1.807, 2.05) is 17.2 Å². The second-order valence-corrected chi connectivity index (χ2v) is 11.0. The first-order valence-corrected chi connectivity index (χ1v) is 14.6. The SMILES string of the molecule is C=CC(=O)N1CCN(CCCN2CC(c3c(Cl)c(OC)cc(OC)c3Cl)=Cc3cnc(N[C@@H]4CCOC4)nc32)CC1. The smallest absolute Gasteiger partial charge is 0.246 e. The quantitative estimate of drug-likeness (QED) is 0.404. The predicted molar refractivity (Wildman–Crippen MR) is 162 cm³/mol. The molecule has 0 saturated carbocycles. The van der Waals surface area contributed by atoms with Crippen LogP contribution in [0.2, 0.25) is 10.0 Å². The summed E-state index contributed by atoms with van der Waals surface area (Å²) in [4.78, 5) is 28.0. The fourth-order valence-electron chi connectivity index (χ4n) is 5.46. The molecule has 10 nitrogen and oxygen atoms in total. The third kappa shape index (κ3) is 6.56. The molecule has 3 aliphatic heterocycles. The lowest BCUT2D eigenvalue weighted by molar-refractivity contribution is -0.127. The molecule has 1 aromatic carbocycles. The number of carbonyl (C=O) groups excluding carboxylic acids is 1. The van der Waals surface area contributed by atoms with Crippen molar-refractivity contribution < 1.29 is 19.0 Å². The third-order valence-corrected chi connectivity index (χ3v) is 8.46. The van der Waals surface area contributed by atoms with E-state index < -0.39 is 0 Å². The number of hydrogen-bond acceptors (Lipinski definition) is 9. The highest BCUT2D eigenvalue weighted by Crippen LogP contribution is 2.46. The standard InChI is InChI=1S/C29H36Cl2N6O4/c1-4-24(38)36-11-9-35(10-12-36)7-5-8-37-17-20(25-26(30)22(39-2)15-23(40-3)27(25)31)14-19-16-32-29(34-28(19)37)33-21-6-13-41-18-21/h4,14-16,21H,1,5-13,17-18H2,2-3H3,(H,32,33,34)/t21-/m1/s1. The zero-order valence-corrected chi connectivity index (χ0v) is 25.0. The molecule has 0 spiro atoms. The van der Waals surface area contributed by atoms with Crippen molar-refractivity contribution in [3.63, 3.8) is 0 Å². The molecule has 2 saturated heterocycles. The highest BCUT2D eigenvalue weighted by molar-refractivity contribution is 6.39. The molecule has 0 radical (unpaired) electrons. The topological polar surface area (TPSA) is 92.3 Å². The molecule has 1 aromatic heterocycles. The van der Waals surface area contributed by atoms with Crippen molar-refractivity contribution in [2.45, 2.75) is 18.9 Å². The van der Waals surface area contributed by atoms with E-state index in [4.69, 9.17) is 42.4 Å². The van der Waals surface area contributed by atoms with E-state index in [2.05, 4.69) is 26.7 Å². The van der Waals surface area contributed by atoms with Gasteiger partial charge in [-0.2, -0.15) is 4.98 Å². The second-order valence-electron chi connectivity index (χ2n) is 10.3. The zero-order valence-electron chi connectivity index (χ0n) is 23.5. The summed E-state index contributed by atoms with van der Waals surface area (Å²) in [7, 11) is 3.14. The molecule has 4 heterocycles. The number of piperazine rings is 1. The minimum absolute atomic E-state index is 0.00588. The Morgan fingerprint density at radius 3 is 2.54 bits per heavy atom. The van der Waals surface area contributed by atoms with Crippen LogP contribution >= 0.6 is 23.2 Å². The second kappa shape index (κ2) is 13.3. The molecule has 0 aliphatic carbocycles. The van der Waals surface area contributed by atoms with Gasteiger partial charge in [0.05, 0.1) is 36.9 Å². The summed E-state index contributed by atoms with van der Waals surface area (Å²) in [6, 6.07) is 1.89. The van der Waals surface area contributed by atoms with E-state index in [-0.39, 0.29) is 11.9 Å². The molecule has 1 atom stereocenters. The fourth-order valence-corrected chi connectivity index (χ4v) is 6.20. The number of aromatic nitrogens is 2. The van der Waals surface area contributed by atoms with Crippen molar-refractivity contribution in [2.75, 3.05) is 83.5 Å². The molecule has 12 heteroatoms. The van der Waals surface area contributed by atoms with Crippen LogP contribution in [0.15, 0.2) is 24.9 Å². The van der Waals surface area contributed by atoms with Crippen LogP contribution in [-0.2, 0) is 9.53 Å². The van der Waals surface area contributed by atoms with E-state index in [0.717, 1.165) is 62.6 Å². The molecule has 2 aromatic rings. The van der Waals surface area contributed by atoms with Gasteiger partial charge in [0, 0.05) is 69.3 Å². The van der Waals surface area contributed by atoms with Crippen LogP contribution in [0.4, 0.5) is 11.8 Å². The zero-order chi connectivity index (χ0) is 28.9. The van der Waals surface area contributed by atoms with Crippen molar-refractivity contribution in [1.82, 2.24) is 19.8 Å². The van der Waals surface area contributed by atoms with Gasteiger partial charge in [0.2, 0.25) is 11.9 Å². The van der Waals surface area contributed by atoms with Gasteiger partial charge in [0.15, 0.2) is 0 Å². The lowest BCUT2D eigenvalue weighted by atomic mass is 9.98. The number of nitrogens with one attached hydrogen (secondary N) is 1. The lowest BCUT2D eigenvalue weighted by Gasteiger charge is -2.35. The monoisotopic (exact) mass is 602 g/mol. The minimum atomic E-state index is -0.00588. The van der Waals surface area contributed by atoms with Gasteiger partial charge < -0.3 is 29.3 Å². The predicted octanol–water partition coefficient (Wildman–Crippen LogP) is 4.08. The molecule has 3 aliphatic rings. The Balaban J connectivity index is 1.38. The molecular weight excluding hydrogens is 567 g/mol. The van der Waals surface area contributed by atoms with Gasteiger partial charge in [0.1, 0.15) is 17.3 Å². The number of ether oxygens (including phenoxy) is 3. The van der Waals surface area contributed by atoms with E-state index in [9.17, 15) is 4.79 Å². The fraction of sp³-hybridized carbons (Fsp3) is 0.483. The number of methoxy groups -OCH3 is 2. The molecule has 1 N–H and O–H groups in total. The summed E-state index contributed by atoms with van der Waals surface area (Å²) in [6.45, 7) is 10.3. The Bertz CT molecular complexity index is 1280. The average molecular weight is 604 g/mol. The minimum Gasteiger partial charge on any atom is -0.495 e. The van der Waals surface area contributed by atoms with Gasteiger partial charge in [0.25, 0.3) is 0 Å². The Morgan fingerprint density at radius 1 is 1.17 bits per heavy atom. The summed E-state index contributed by atoms with van der Waals surface area (Å²) in [5.41, 5.74) is 2.48. The first kappa shape index (κ1) is 29.4. The molecular formula is C29H36Cl2N6O4. The number of halogens is 2. The van der Waals surface area contributed by atoms with Crippen LogP contribution in [0.5, 0.6) is 11.5 Å². The maximum Gasteiger partial charge on any atom is 0.246 e.